The molecule has 0 aliphatic heterocycles. The minimum absolute atomic E-state index is 0. The molecule has 0 spiro atoms. The van der Waals surface area contributed by atoms with Crippen LogP contribution in [-0.2, 0) is 19.4 Å². The van der Waals surface area contributed by atoms with Crippen LogP contribution in [0.25, 0.3) is 0 Å². The Morgan fingerprint density at radius 2 is 1.92 bits per heavy atom. The van der Waals surface area contributed by atoms with Gasteiger partial charge in [-0.15, -0.1) is 24.0 Å². The fourth-order valence-corrected chi connectivity index (χ4v) is 2.89. The molecule has 0 atom stereocenters. The molecule has 1 aromatic carbocycles. The standard InChI is InChI=1S/C17H24F3N3O.HI/c1-2-21-16(22-10-9-17(18,19)20)23-11-14-13-6-4-3-5-12(13)7-8-15(14)24;/h7-8,24H,2-6,9-11H2,1H3,(H2,21,22,23);1H. The predicted octanol–water partition coefficient (Wildman–Crippen LogP) is 3.90. The number of aliphatic imine (C=N–C) groups is 1. The summed E-state index contributed by atoms with van der Waals surface area (Å²) < 4.78 is 36.8. The fraction of sp³-hybridized carbons (Fsp3) is 0.588. The van der Waals surface area contributed by atoms with Crippen LogP contribution in [0, 0.1) is 0 Å². The lowest BCUT2D eigenvalue weighted by molar-refractivity contribution is -0.132. The van der Waals surface area contributed by atoms with Gasteiger partial charge in [0.25, 0.3) is 0 Å². The maximum atomic E-state index is 12.3. The largest absolute Gasteiger partial charge is 0.508 e. The maximum absolute atomic E-state index is 12.3. The van der Waals surface area contributed by atoms with Crippen molar-refractivity contribution in [2.75, 3.05) is 13.1 Å². The summed E-state index contributed by atoms with van der Waals surface area (Å²) in [5, 5.41) is 15.7. The van der Waals surface area contributed by atoms with Gasteiger partial charge in [0.15, 0.2) is 5.96 Å². The summed E-state index contributed by atoms with van der Waals surface area (Å²) in [6.07, 6.45) is -0.980. The summed E-state index contributed by atoms with van der Waals surface area (Å²) in [7, 11) is 0. The maximum Gasteiger partial charge on any atom is 0.390 e. The number of fused-ring (bicyclic) bond motifs is 1. The number of nitrogens with one attached hydrogen (secondary N) is 2. The molecular formula is C17H25F3IN3O. The number of nitrogens with zero attached hydrogens (tertiary/aromatic N) is 1. The molecule has 0 unspecified atom stereocenters. The van der Waals surface area contributed by atoms with Crippen LogP contribution >= 0.6 is 24.0 Å². The lowest BCUT2D eigenvalue weighted by Gasteiger charge is -2.20. The lowest BCUT2D eigenvalue weighted by atomic mass is 9.88. The van der Waals surface area contributed by atoms with Gasteiger partial charge in [-0.25, -0.2) is 4.99 Å². The molecule has 0 fully saturated rings. The quantitative estimate of drug-likeness (QED) is 0.347. The molecule has 2 rings (SSSR count). The van der Waals surface area contributed by atoms with Crippen LogP contribution in [0.15, 0.2) is 17.1 Å². The van der Waals surface area contributed by atoms with Crippen LogP contribution in [0.3, 0.4) is 0 Å². The van der Waals surface area contributed by atoms with E-state index in [0.29, 0.717) is 12.5 Å². The van der Waals surface area contributed by atoms with E-state index in [2.05, 4.69) is 15.6 Å². The molecule has 3 N–H and O–H groups in total. The van der Waals surface area contributed by atoms with E-state index in [4.69, 9.17) is 0 Å². The normalized spacial score (nSPS) is 14.5. The summed E-state index contributed by atoms with van der Waals surface area (Å²) in [5.41, 5.74) is 3.15. The molecule has 0 saturated heterocycles. The van der Waals surface area contributed by atoms with E-state index in [0.717, 1.165) is 36.8 Å². The van der Waals surface area contributed by atoms with Crippen molar-refractivity contribution in [3.63, 3.8) is 0 Å². The monoisotopic (exact) mass is 471 g/mol. The Labute approximate surface area is 163 Å². The summed E-state index contributed by atoms with van der Waals surface area (Å²) in [4.78, 5) is 4.34. The third-order valence-electron chi connectivity index (χ3n) is 4.07. The number of guanidine groups is 1. The zero-order chi connectivity index (χ0) is 17.6. The number of rotatable bonds is 5. The predicted molar refractivity (Wildman–Crippen MR) is 104 cm³/mol. The van der Waals surface area contributed by atoms with Gasteiger partial charge < -0.3 is 15.7 Å². The first-order valence-electron chi connectivity index (χ1n) is 8.32. The van der Waals surface area contributed by atoms with E-state index in [1.807, 2.05) is 13.0 Å². The van der Waals surface area contributed by atoms with Crippen LogP contribution in [-0.4, -0.2) is 30.3 Å². The number of hydrogen-bond donors (Lipinski definition) is 3. The highest BCUT2D eigenvalue weighted by Crippen LogP contribution is 2.31. The van der Waals surface area contributed by atoms with Crippen molar-refractivity contribution in [3.05, 3.63) is 28.8 Å². The molecule has 1 aromatic rings. The molecule has 0 amide bonds. The summed E-state index contributed by atoms with van der Waals surface area (Å²) in [6, 6.07) is 3.63. The zero-order valence-electron chi connectivity index (χ0n) is 14.2. The van der Waals surface area contributed by atoms with Gasteiger partial charge in [0.05, 0.1) is 13.0 Å². The highest BCUT2D eigenvalue weighted by atomic mass is 127. The molecule has 8 heteroatoms. The van der Waals surface area contributed by atoms with Gasteiger partial charge in [0.1, 0.15) is 5.75 Å². The summed E-state index contributed by atoms with van der Waals surface area (Å²) >= 11 is 0. The highest BCUT2D eigenvalue weighted by molar-refractivity contribution is 14.0. The van der Waals surface area contributed by atoms with Crippen molar-refractivity contribution in [1.82, 2.24) is 10.6 Å². The number of hydrogen-bond acceptors (Lipinski definition) is 2. The van der Waals surface area contributed by atoms with Crippen LogP contribution in [0.1, 0.15) is 42.9 Å². The second-order valence-electron chi connectivity index (χ2n) is 5.90. The topological polar surface area (TPSA) is 56.7 Å². The number of halogens is 4. The number of aryl methyl sites for hydroxylation is 1. The molecule has 0 aromatic heterocycles. The number of phenolic OH excluding ortho intramolecular Hbond substituents is 1. The molecule has 1 aliphatic rings. The van der Waals surface area contributed by atoms with Crippen LogP contribution in [0.4, 0.5) is 13.2 Å². The fourth-order valence-electron chi connectivity index (χ4n) is 2.89. The summed E-state index contributed by atoms with van der Waals surface area (Å²) in [6.45, 7) is 2.42. The molecular weight excluding hydrogens is 446 g/mol. The van der Waals surface area contributed by atoms with Crippen molar-refractivity contribution in [2.45, 2.75) is 51.7 Å². The zero-order valence-corrected chi connectivity index (χ0v) is 16.6. The number of phenols is 1. The SMILES string of the molecule is CCNC(=NCc1c(O)ccc2c1CCCC2)NCCC(F)(F)F.I. The first kappa shape index (κ1) is 21.9. The average Bonchev–Trinajstić information content (AvgIpc) is 2.52. The first-order valence-corrected chi connectivity index (χ1v) is 8.32. The average molecular weight is 471 g/mol. The van der Waals surface area contributed by atoms with Gasteiger partial charge in [-0.1, -0.05) is 6.07 Å². The van der Waals surface area contributed by atoms with Crippen molar-refractivity contribution in [3.8, 4) is 5.75 Å². The molecule has 142 valence electrons. The Morgan fingerprint density at radius 1 is 1.20 bits per heavy atom. The minimum Gasteiger partial charge on any atom is -0.508 e. The molecule has 0 saturated carbocycles. The van der Waals surface area contributed by atoms with Crippen LogP contribution in [0.2, 0.25) is 0 Å². The van der Waals surface area contributed by atoms with E-state index >= 15 is 0 Å². The third-order valence-corrected chi connectivity index (χ3v) is 4.07. The number of aromatic hydroxyl groups is 1. The molecule has 0 bridgehead atoms. The van der Waals surface area contributed by atoms with Crippen LogP contribution in [0.5, 0.6) is 5.75 Å². The van der Waals surface area contributed by atoms with Gasteiger partial charge in [0, 0.05) is 18.7 Å². The molecule has 4 nitrogen and oxygen atoms in total. The van der Waals surface area contributed by atoms with Crippen molar-refractivity contribution in [2.24, 2.45) is 4.99 Å². The second kappa shape index (κ2) is 10.1. The van der Waals surface area contributed by atoms with Crippen molar-refractivity contribution >= 4 is 29.9 Å². The van der Waals surface area contributed by atoms with E-state index < -0.39 is 12.6 Å². The lowest BCUT2D eigenvalue weighted by Crippen LogP contribution is -2.38. The van der Waals surface area contributed by atoms with Gasteiger partial charge in [-0.05, 0) is 49.8 Å². The second-order valence-corrected chi connectivity index (χ2v) is 5.90. The van der Waals surface area contributed by atoms with Gasteiger partial charge >= 0.3 is 6.18 Å². The van der Waals surface area contributed by atoms with E-state index in [1.165, 1.54) is 5.56 Å². The smallest absolute Gasteiger partial charge is 0.390 e. The van der Waals surface area contributed by atoms with Gasteiger partial charge in [0.2, 0.25) is 0 Å². The molecule has 25 heavy (non-hydrogen) atoms. The third kappa shape index (κ3) is 6.91. The first-order chi connectivity index (χ1) is 11.4. The Hall–Kier alpha value is -1.19. The Balaban J connectivity index is 0.00000312. The van der Waals surface area contributed by atoms with Crippen molar-refractivity contribution in [1.29, 1.82) is 0 Å². The van der Waals surface area contributed by atoms with Gasteiger partial charge in [-0.3, -0.25) is 0 Å². The van der Waals surface area contributed by atoms with E-state index in [9.17, 15) is 18.3 Å². The van der Waals surface area contributed by atoms with Crippen LogP contribution < -0.4 is 10.6 Å². The Bertz CT molecular complexity index is 591. The van der Waals surface area contributed by atoms with E-state index in [1.54, 1.807) is 6.07 Å². The number of benzene rings is 1. The highest BCUT2D eigenvalue weighted by Gasteiger charge is 2.26. The molecule has 0 heterocycles. The van der Waals surface area contributed by atoms with Crippen molar-refractivity contribution < 1.29 is 18.3 Å². The van der Waals surface area contributed by atoms with Gasteiger partial charge in [-0.2, -0.15) is 13.2 Å². The Morgan fingerprint density at radius 3 is 2.60 bits per heavy atom. The summed E-state index contributed by atoms with van der Waals surface area (Å²) in [5.74, 6) is 0.528. The Kier molecular flexibility index (Phi) is 8.81. The minimum atomic E-state index is -4.19. The number of alkyl halides is 3. The molecule has 0 radical (unpaired) electrons. The van der Waals surface area contributed by atoms with E-state index in [-0.39, 0.29) is 42.8 Å². The molecule has 1 aliphatic carbocycles.